The minimum atomic E-state index is -4.64. The van der Waals surface area contributed by atoms with E-state index in [2.05, 4.69) is 20.5 Å². The molecule has 11 N–H and O–H groups in total. The molecular formula is C16H20N8O5S2. The molecule has 0 amide bonds. The van der Waals surface area contributed by atoms with Gasteiger partial charge in [0, 0.05) is 17.7 Å². The molecule has 0 aliphatic carbocycles. The average Bonchev–Trinajstić information content (AvgIpc) is 3.08. The van der Waals surface area contributed by atoms with Gasteiger partial charge in [-0.05, 0) is 17.7 Å². The Morgan fingerprint density at radius 1 is 1.06 bits per heavy atom. The van der Waals surface area contributed by atoms with Crippen molar-refractivity contribution in [2.75, 3.05) is 12.3 Å². The van der Waals surface area contributed by atoms with Crippen LogP contribution < -0.4 is 33.7 Å². The number of nitrogens with two attached hydrogens (primary N) is 4. The summed E-state index contributed by atoms with van der Waals surface area (Å²) in [5.41, 5.74) is 8.01. The van der Waals surface area contributed by atoms with Gasteiger partial charge in [0.25, 0.3) is 0 Å². The first-order chi connectivity index (χ1) is 14.5. The molecule has 0 unspecified atom stereocenters. The summed E-state index contributed by atoms with van der Waals surface area (Å²) in [6.45, 7) is -0.250. The molecule has 0 aliphatic rings. The summed E-state index contributed by atoms with van der Waals surface area (Å²) in [4.78, 5) is 15.6. The first-order valence-electron chi connectivity index (χ1n) is 8.64. The van der Waals surface area contributed by atoms with E-state index in [-0.39, 0.29) is 23.5 Å². The van der Waals surface area contributed by atoms with Gasteiger partial charge in [0.2, 0.25) is 10.0 Å². The van der Waals surface area contributed by atoms with Gasteiger partial charge in [-0.25, -0.2) is 32.6 Å². The largest absolute Gasteiger partial charge is 0.329 e. The summed E-state index contributed by atoms with van der Waals surface area (Å²) in [6, 6.07) is 7.25. The highest BCUT2D eigenvalue weighted by Gasteiger charge is 2.32. The lowest BCUT2D eigenvalue weighted by atomic mass is 9.97. The number of aromatic amines is 2. The molecule has 0 saturated carbocycles. The number of amidine groups is 1. The Labute approximate surface area is 176 Å². The van der Waals surface area contributed by atoms with Gasteiger partial charge in [0.1, 0.15) is 4.90 Å². The van der Waals surface area contributed by atoms with Gasteiger partial charge >= 0.3 is 5.69 Å². The SMILES string of the molecule is NCCS(=O)(=O)c1ccc(-c2cccc3[nH]c(=O)[nH]c23)c(/C(=N/N)NN)c1S(N)(=O)=O. The molecule has 3 rings (SSSR count). The lowest BCUT2D eigenvalue weighted by molar-refractivity contribution is 0.583. The fourth-order valence-electron chi connectivity index (χ4n) is 3.27. The summed E-state index contributed by atoms with van der Waals surface area (Å²) >= 11 is 0. The Morgan fingerprint density at radius 2 is 1.77 bits per heavy atom. The van der Waals surface area contributed by atoms with Crippen LogP contribution in [-0.2, 0) is 19.9 Å². The van der Waals surface area contributed by atoms with Crippen LogP contribution in [0, 0.1) is 0 Å². The number of imidazole rings is 1. The molecule has 0 aliphatic heterocycles. The summed E-state index contributed by atoms with van der Waals surface area (Å²) in [5, 5.41) is 8.86. The first kappa shape index (κ1) is 22.4. The molecule has 1 aromatic heterocycles. The number of nitrogens with one attached hydrogen (secondary N) is 3. The van der Waals surface area contributed by atoms with E-state index in [0.29, 0.717) is 16.6 Å². The standard InChI is InChI=1S/C16H20N8O5S2/c17-6-7-30(26,27)11-5-4-8(9-2-1-3-10-13(9)22-16(25)21-10)12(15(23-18)24-19)14(11)31(20,28)29/h1-5H,6-7,17-19H2,(H,23,24)(H2,20,28,29)(H2,21,22,25). The summed E-state index contributed by atoms with van der Waals surface area (Å²) in [5.74, 6) is 9.99. The Kier molecular flexibility index (Phi) is 5.88. The third-order valence-corrected chi connectivity index (χ3v) is 7.38. The normalized spacial score (nSPS) is 12.9. The highest BCUT2D eigenvalue weighted by molar-refractivity contribution is 7.93. The predicted molar refractivity (Wildman–Crippen MR) is 115 cm³/mol. The van der Waals surface area contributed by atoms with Crippen LogP contribution in [0.25, 0.3) is 22.2 Å². The van der Waals surface area contributed by atoms with Crippen molar-refractivity contribution in [1.82, 2.24) is 15.4 Å². The number of para-hydroxylation sites is 1. The van der Waals surface area contributed by atoms with Crippen molar-refractivity contribution in [3.8, 4) is 11.1 Å². The topological polar surface area (TPSA) is 245 Å². The van der Waals surface area contributed by atoms with Crippen LogP contribution in [0.5, 0.6) is 0 Å². The van der Waals surface area contributed by atoms with Gasteiger partial charge in [0.15, 0.2) is 15.7 Å². The number of nitrogens with zero attached hydrogens (tertiary/aromatic N) is 1. The van der Waals surface area contributed by atoms with Crippen LogP contribution >= 0.6 is 0 Å². The maximum Gasteiger partial charge on any atom is 0.323 e. The van der Waals surface area contributed by atoms with Crippen LogP contribution in [0.4, 0.5) is 0 Å². The zero-order chi connectivity index (χ0) is 23.0. The molecule has 166 valence electrons. The molecule has 31 heavy (non-hydrogen) atoms. The number of sulfone groups is 1. The quantitative estimate of drug-likeness (QED) is 0.0912. The molecular weight excluding hydrogens is 448 g/mol. The van der Waals surface area contributed by atoms with E-state index >= 15 is 0 Å². The maximum absolute atomic E-state index is 12.7. The maximum atomic E-state index is 12.7. The van der Waals surface area contributed by atoms with Gasteiger partial charge < -0.3 is 27.0 Å². The molecule has 3 aromatic rings. The third-order valence-electron chi connectivity index (χ3n) is 4.47. The zero-order valence-electron chi connectivity index (χ0n) is 15.9. The van der Waals surface area contributed by atoms with Crippen molar-refractivity contribution in [3.05, 3.63) is 46.4 Å². The molecule has 0 atom stereocenters. The zero-order valence-corrected chi connectivity index (χ0v) is 17.5. The van der Waals surface area contributed by atoms with E-state index in [9.17, 15) is 21.6 Å². The van der Waals surface area contributed by atoms with Crippen LogP contribution in [0.15, 0.2) is 50.0 Å². The highest BCUT2D eigenvalue weighted by Crippen LogP contribution is 2.36. The van der Waals surface area contributed by atoms with Crippen molar-refractivity contribution >= 4 is 36.7 Å². The van der Waals surface area contributed by atoms with Crippen molar-refractivity contribution in [1.29, 1.82) is 0 Å². The van der Waals surface area contributed by atoms with Gasteiger partial charge in [-0.3, -0.25) is 0 Å². The van der Waals surface area contributed by atoms with E-state index in [0.717, 1.165) is 6.07 Å². The monoisotopic (exact) mass is 468 g/mol. The number of benzene rings is 2. The number of hydrazine groups is 1. The predicted octanol–water partition coefficient (Wildman–Crippen LogP) is -2.01. The minimum Gasteiger partial charge on any atom is -0.329 e. The smallest absolute Gasteiger partial charge is 0.323 e. The van der Waals surface area contributed by atoms with Crippen LogP contribution in [0.1, 0.15) is 5.56 Å². The van der Waals surface area contributed by atoms with Crippen molar-refractivity contribution < 1.29 is 16.8 Å². The number of hydrogen-bond acceptors (Lipinski definition) is 9. The number of sulfonamides is 1. The van der Waals surface area contributed by atoms with E-state index in [4.69, 9.17) is 22.6 Å². The Balaban J connectivity index is 2.56. The lowest BCUT2D eigenvalue weighted by Gasteiger charge is -2.19. The van der Waals surface area contributed by atoms with Gasteiger partial charge in [-0.2, -0.15) is 5.10 Å². The van der Waals surface area contributed by atoms with Crippen LogP contribution in [0.3, 0.4) is 0 Å². The molecule has 0 saturated heterocycles. The number of hydrogen-bond donors (Lipinski definition) is 7. The van der Waals surface area contributed by atoms with Gasteiger partial charge in [0.05, 0.1) is 21.7 Å². The molecule has 15 heteroatoms. The van der Waals surface area contributed by atoms with Crippen LogP contribution in [-0.4, -0.2) is 44.9 Å². The number of primary sulfonamides is 1. The summed E-state index contributed by atoms with van der Waals surface area (Å²) < 4.78 is 50.6. The van der Waals surface area contributed by atoms with Gasteiger partial charge in [-0.15, -0.1) is 0 Å². The fourth-order valence-corrected chi connectivity index (χ4v) is 6.03. The lowest BCUT2D eigenvalue weighted by Crippen LogP contribution is -2.35. The number of rotatable bonds is 6. The Hall–Kier alpha value is -3.24. The molecule has 0 fully saturated rings. The number of hydrazone groups is 1. The Morgan fingerprint density at radius 3 is 2.35 bits per heavy atom. The second kappa shape index (κ2) is 8.12. The number of H-pyrrole nitrogens is 2. The summed E-state index contributed by atoms with van der Waals surface area (Å²) in [6.07, 6.45) is 0. The third kappa shape index (κ3) is 4.04. The Bertz CT molecular complexity index is 1450. The second-order valence-electron chi connectivity index (χ2n) is 6.40. The fraction of sp³-hybridized carbons (Fsp3) is 0.125. The highest BCUT2D eigenvalue weighted by atomic mass is 32.2. The number of fused-ring (bicyclic) bond motifs is 1. The molecule has 2 aromatic carbocycles. The average molecular weight is 469 g/mol. The van der Waals surface area contributed by atoms with E-state index in [1.807, 2.05) is 0 Å². The number of aromatic nitrogens is 2. The van der Waals surface area contributed by atoms with Crippen molar-refractivity contribution in [3.63, 3.8) is 0 Å². The van der Waals surface area contributed by atoms with E-state index < -0.39 is 41.1 Å². The van der Waals surface area contributed by atoms with E-state index in [1.165, 1.54) is 6.07 Å². The first-order valence-corrected chi connectivity index (χ1v) is 11.8. The molecule has 0 spiro atoms. The summed E-state index contributed by atoms with van der Waals surface area (Å²) in [7, 11) is -8.79. The molecule has 13 nitrogen and oxygen atoms in total. The molecule has 1 heterocycles. The van der Waals surface area contributed by atoms with E-state index in [1.54, 1.807) is 18.2 Å². The second-order valence-corrected chi connectivity index (χ2v) is 9.97. The van der Waals surface area contributed by atoms with Crippen molar-refractivity contribution in [2.45, 2.75) is 9.79 Å². The molecule has 0 bridgehead atoms. The van der Waals surface area contributed by atoms with Gasteiger partial charge in [-0.1, -0.05) is 18.2 Å². The van der Waals surface area contributed by atoms with Crippen LogP contribution in [0.2, 0.25) is 0 Å². The molecule has 0 radical (unpaired) electrons. The minimum absolute atomic E-state index is 0.152. The van der Waals surface area contributed by atoms with Crippen molar-refractivity contribution in [2.24, 2.45) is 27.7 Å².